The highest BCUT2D eigenvalue weighted by atomic mass is 16.1. The van der Waals surface area contributed by atoms with E-state index in [9.17, 15) is 4.79 Å². The summed E-state index contributed by atoms with van der Waals surface area (Å²) in [5.74, 6) is -0.0349. The van der Waals surface area contributed by atoms with Gasteiger partial charge in [-0.1, -0.05) is 32.1 Å². The zero-order chi connectivity index (χ0) is 12.1. The molecule has 1 aromatic heterocycles. The van der Waals surface area contributed by atoms with Crippen molar-refractivity contribution in [3.8, 4) is 0 Å². The van der Waals surface area contributed by atoms with Gasteiger partial charge in [-0.3, -0.25) is 4.79 Å². The van der Waals surface area contributed by atoms with Crippen LogP contribution in [0.1, 0.15) is 55.4 Å². The Hall–Kier alpha value is -1.45. The minimum absolute atomic E-state index is 0.0349. The zero-order valence-corrected chi connectivity index (χ0v) is 10.2. The molecular weight excluding hydrogens is 214 g/mol. The molecule has 0 unspecified atom stereocenters. The average molecular weight is 235 g/mol. The van der Waals surface area contributed by atoms with Gasteiger partial charge in [0.15, 0.2) is 0 Å². The molecular formula is C13H21N3O. The number of aromatic amines is 1. The third-order valence-corrected chi connectivity index (χ3v) is 3.39. The van der Waals surface area contributed by atoms with Crippen molar-refractivity contribution >= 4 is 11.6 Å². The predicted octanol–water partition coefficient (Wildman–Crippen LogP) is 2.44. The lowest BCUT2D eigenvalue weighted by Crippen LogP contribution is -2.35. The van der Waals surface area contributed by atoms with Gasteiger partial charge in [0.05, 0.1) is 0 Å². The molecule has 0 spiro atoms. The number of aromatic nitrogens is 1. The number of hydrogen-bond donors (Lipinski definition) is 3. The molecule has 2 rings (SSSR count). The maximum absolute atomic E-state index is 11.9. The van der Waals surface area contributed by atoms with Gasteiger partial charge in [-0.15, -0.1) is 0 Å². The van der Waals surface area contributed by atoms with E-state index >= 15 is 0 Å². The number of H-pyrrole nitrogens is 1. The van der Waals surface area contributed by atoms with Crippen LogP contribution in [0.2, 0.25) is 0 Å². The number of hydrogen-bond acceptors (Lipinski definition) is 2. The van der Waals surface area contributed by atoms with E-state index in [1.807, 2.05) is 0 Å². The first-order valence-corrected chi connectivity index (χ1v) is 6.50. The molecule has 1 heterocycles. The number of carbonyl (C=O) groups is 1. The van der Waals surface area contributed by atoms with Crippen LogP contribution < -0.4 is 11.1 Å². The first-order chi connectivity index (χ1) is 8.25. The summed E-state index contributed by atoms with van der Waals surface area (Å²) >= 11 is 0. The Morgan fingerprint density at radius 2 is 1.88 bits per heavy atom. The molecule has 1 amide bonds. The van der Waals surface area contributed by atoms with Crippen LogP contribution in [0.15, 0.2) is 12.3 Å². The smallest absolute Gasteiger partial charge is 0.267 e. The fourth-order valence-corrected chi connectivity index (χ4v) is 2.41. The molecule has 4 nitrogen and oxygen atoms in total. The topological polar surface area (TPSA) is 70.9 Å². The number of amides is 1. The van der Waals surface area contributed by atoms with Gasteiger partial charge in [0.1, 0.15) is 5.69 Å². The lowest BCUT2D eigenvalue weighted by atomic mass is 9.96. The molecule has 1 saturated carbocycles. The lowest BCUT2D eigenvalue weighted by molar-refractivity contribution is 0.0926. The summed E-state index contributed by atoms with van der Waals surface area (Å²) in [4.78, 5) is 14.8. The quantitative estimate of drug-likeness (QED) is 0.736. The van der Waals surface area contributed by atoms with Crippen LogP contribution in [0.4, 0.5) is 5.69 Å². The Morgan fingerprint density at radius 1 is 1.24 bits per heavy atom. The summed E-state index contributed by atoms with van der Waals surface area (Å²) in [6, 6.07) is 2.01. The van der Waals surface area contributed by atoms with Crippen LogP contribution in [0, 0.1) is 0 Å². The maximum Gasteiger partial charge on any atom is 0.267 e. The SMILES string of the molecule is Nc1c[nH]c(C(=O)NC2CCCCCCC2)c1. The maximum atomic E-state index is 11.9. The number of rotatable bonds is 2. The minimum atomic E-state index is -0.0349. The molecule has 0 atom stereocenters. The van der Waals surface area contributed by atoms with Crippen molar-refractivity contribution in [2.75, 3.05) is 5.73 Å². The predicted molar refractivity (Wildman–Crippen MR) is 68.8 cm³/mol. The molecule has 1 aliphatic carbocycles. The van der Waals surface area contributed by atoms with Gasteiger partial charge < -0.3 is 16.0 Å². The van der Waals surface area contributed by atoms with Gasteiger partial charge in [0.25, 0.3) is 5.91 Å². The van der Waals surface area contributed by atoms with Crippen LogP contribution in [0.3, 0.4) is 0 Å². The van der Waals surface area contributed by atoms with Gasteiger partial charge in [-0.25, -0.2) is 0 Å². The second-order valence-electron chi connectivity index (χ2n) is 4.86. The molecule has 1 aromatic rings. The Morgan fingerprint density at radius 3 is 2.47 bits per heavy atom. The Kier molecular flexibility index (Phi) is 4.07. The van der Waals surface area contributed by atoms with E-state index < -0.39 is 0 Å². The second-order valence-corrected chi connectivity index (χ2v) is 4.86. The van der Waals surface area contributed by atoms with Gasteiger partial charge in [-0.05, 0) is 18.9 Å². The highest BCUT2D eigenvalue weighted by Gasteiger charge is 2.15. The van der Waals surface area contributed by atoms with Crippen molar-refractivity contribution in [2.24, 2.45) is 0 Å². The first-order valence-electron chi connectivity index (χ1n) is 6.50. The van der Waals surface area contributed by atoms with Crippen molar-refractivity contribution in [3.63, 3.8) is 0 Å². The number of anilines is 1. The van der Waals surface area contributed by atoms with Crippen molar-refractivity contribution in [3.05, 3.63) is 18.0 Å². The van der Waals surface area contributed by atoms with Gasteiger partial charge in [0.2, 0.25) is 0 Å². The number of nitrogens with one attached hydrogen (secondary N) is 2. The molecule has 17 heavy (non-hydrogen) atoms. The Bertz CT molecular complexity index is 364. The molecule has 1 aliphatic rings. The average Bonchev–Trinajstić information content (AvgIpc) is 2.68. The molecule has 94 valence electrons. The standard InChI is InChI=1S/C13H21N3O/c14-10-8-12(15-9-10)13(17)16-11-6-4-2-1-3-5-7-11/h8-9,11,15H,1-7,14H2,(H,16,17). The summed E-state index contributed by atoms with van der Waals surface area (Å²) in [5.41, 5.74) is 6.75. The molecule has 1 fully saturated rings. The summed E-state index contributed by atoms with van der Waals surface area (Å²) in [6.45, 7) is 0. The van der Waals surface area contributed by atoms with Crippen LogP contribution in [0.25, 0.3) is 0 Å². The Labute approximate surface area is 102 Å². The lowest BCUT2D eigenvalue weighted by Gasteiger charge is -2.20. The van der Waals surface area contributed by atoms with Gasteiger partial charge in [-0.2, -0.15) is 0 Å². The molecule has 0 bridgehead atoms. The Balaban J connectivity index is 1.88. The number of nitrogens with two attached hydrogens (primary N) is 1. The zero-order valence-electron chi connectivity index (χ0n) is 10.2. The summed E-state index contributed by atoms with van der Waals surface area (Å²) in [5, 5.41) is 3.09. The molecule has 0 radical (unpaired) electrons. The van der Waals surface area contributed by atoms with Crippen molar-refractivity contribution in [1.82, 2.24) is 10.3 Å². The van der Waals surface area contributed by atoms with Crippen LogP contribution in [-0.2, 0) is 0 Å². The summed E-state index contributed by atoms with van der Waals surface area (Å²) < 4.78 is 0. The van der Waals surface area contributed by atoms with Crippen LogP contribution in [-0.4, -0.2) is 16.9 Å². The number of carbonyl (C=O) groups excluding carboxylic acids is 1. The highest BCUT2D eigenvalue weighted by molar-refractivity contribution is 5.93. The van der Waals surface area contributed by atoms with Gasteiger partial charge >= 0.3 is 0 Å². The van der Waals surface area contributed by atoms with Crippen molar-refractivity contribution in [2.45, 2.75) is 51.0 Å². The van der Waals surface area contributed by atoms with Crippen LogP contribution in [0.5, 0.6) is 0 Å². The fourth-order valence-electron chi connectivity index (χ4n) is 2.41. The van der Waals surface area contributed by atoms with Crippen molar-refractivity contribution in [1.29, 1.82) is 0 Å². The highest BCUT2D eigenvalue weighted by Crippen LogP contribution is 2.17. The largest absolute Gasteiger partial charge is 0.397 e. The second kappa shape index (κ2) is 5.75. The molecule has 4 N–H and O–H groups in total. The summed E-state index contributed by atoms with van der Waals surface area (Å²) in [6.07, 6.45) is 10.2. The molecule has 4 heteroatoms. The van der Waals surface area contributed by atoms with Crippen LogP contribution >= 0.6 is 0 Å². The molecule has 0 saturated heterocycles. The van der Waals surface area contributed by atoms with E-state index in [-0.39, 0.29) is 5.91 Å². The van der Waals surface area contributed by atoms with E-state index in [0.717, 1.165) is 12.8 Å². The third-order valence-electron chi connectivity index (χ3n) is 3.39. The van der Waals surface area contributed by atoms with Gasteiger partial charge in [0, 0.05) is 17.9 Å². The first kappa shape index (κ1) is 12.0. The fraction of sp³-hybridized carbons (Fsp3) is 0.615. The molecule has 0 aromatic carbocycles. The third kappa shape index (κ3) is 3.51. The van der Waals surface area contributed by atoms with E-state index in [1.54, 1.807) is 12.3 Å². The van der Waals surface area contributed by atoms with E-state index in [1.165, 1.54) is 32.1 Å². The monoisotopic (exact) mass is 235 g/mol. The van der Waals surface area contributed by atoms with E-state index in [2.05, 4.69) is 10.3 Å². The van der Waals surface area contributed by atoms with E-state index in [0.29, 0.717) is 17.4 Å². The van der Waals surface area contributed by atoms with Crippen molar-refractivity contribution < 1.29 is 4.79 Å². The number of nitrogen functional groups attached to an aromatic ring is 1. The minimum Gasteiger partial charge on any atom is -0.397 e. The van der Waals surface area contributed by atoms with E-state index in [4.69, 9.17) is 5.73 Å². The molecule has 0 aliphatic heterocycles. The normalized spacial score (nSPS) is 18.4. The summed E-state index contributed by atoms with van der Waals surface area (Å²) in [7, 11) is 0.